The summed E-state index contributed by atoms with van der Waals surface area (Å²) in [5.41, 5.74) is 4.70. The number of hydrogen-bond donors (Lipinski definition) is 1. The lowest BCUT2D eigenvalue weighted by Crippen LogP contribution is -2.32. The minimum Gasteiger partial charge on any atom is -0.350 e. The number of carbonyl (C=O) groups is 2. The minimum absolute atomic E-state index is 0.257. The summed E-state index contributed by atoms with van der Waals surface area (Å²) in [6, 6.07) is 22.1. The van der Waals surface area contributed by atoms with E-state index in [0.29, 0.717) is 21.8 Å². The van der Waals surface area contributed by atoms with Crippen LogP contribution in [0.25, 0.3) is 5.57 Å². The molecule has 0 radical (unpaired) electrons. The van der Waals surface area contributed by atoms with Gasteiger partial charge < -0.3 is 5.32 Å². The van der Waals surface area contributed by atoms with Crippen LogP contribution < -0.4 is 10.2 Å². The van der Waals surface area contributed by atoms with Crippen LogP contribution in [0.4, 0.5) is 11.4 Å². The third kappa shape index (κ3) is 3.74. The number of anilines is 2. The van der Waals surface area contributed by atoms with E-state index in [1.54, 1.807) is 30.3 Å². The van der Waals surface area contributed by atoms with Crippen molar-refractivity contribution in [2.24, 2.45) is 0 Å². The summed E-state index contributed by atoms with van der Waals surface area (Å²) in [6.07, 6.45) is 0.928. The van der Waals surface area contributed by atoms with E-state index in [0.717, 1.165) is 17.7 Å². The van der Waals surface area contributed by atoms with E-state index in [-0.39, 0.29) is 17.5 Å². The molecule has 0 aromatic heterocycles. The molecule has 0 saturated heterocycles. The number of imide groups is 1. The molecule has 0 unspecified atom stereocenters. The molecule has 150 valence electrons. The van der Waals surface area contributed by atoms with E-state index in [1.807, 2.05) is 49.4 Å². The van der Waals surface area contributed by atoms with Gasteiger partial charge in [0.1, 0.15) is 5.70 Å². The molecule has 0 atom stereocenters. The van der Waals surface area contributed by atoms with E-state index >= 15 is 0 Å². The van der Waals surface area contributed by atoms with Crippen LogP contribution in [0.15, 0.2) is 78.5 Å². The number of amides is 2. The molecule has 4 nitrogen and oxygen atoms in total. The Kier molecular flexibility index (Phi) is 5.42. The number of benzene rings is 3. The Morgan fingerprint density at radius 1 is 0.900 bits per heavy atom. The molecule has 0 spiro atoms. The number of nitrogens with zero attached hydrogens (tertiary/aromatic N) is 1. The van der Waals surface area contributed by atoms with Gasteiger partial charge in [-0.15, -0.1) is 0 Å². The lowest BCUT2D eigenvalue weighted by molar-refractivity contribution is -0.120. The molecule has 1 aliphatic heterocycles. The molecule has 1 N–H and O–H groups in total. The highest BCUT2D eigenvalue weighted by Crippen LogP contribution is 2.34. The predicted octanol–water partition coefficient (Wildman–Crippen LogP) is 5.61. The van der Waals surface area contributed by atoms with Crippen LogP contribution in [0.1, 0.15) is 23.6 Å². The number of carbonyl (C=O) groups excluding carboxylic acids is 2. The van der Waals surface area contributed by atoms with Crippen molar-refractivity contribution in [2.75, 3.05) is 10.2 Å². The molecular weight excluding hydrogens is 396 g/mol. The quantitative estimate of drug-likeness (QED) is 0.550. The van der Waals surface area contributed by atoms with Gasteiger partial charge in [0.15, 0.2) is 0 Å². The van der Waals surface area contributed by atoms with Crippen molar-refractivity contribution in [3.63, 3.8) is 0 Å². The first-order valence-electron chi connectivity index (χ1n) is 9.79. The lowest BCUT2D eigenvalue weighted by Gasteiger charge is -2.16. The molecule has 0 aliphatic carbocycles. The van der Waals surface area contributed by atoms with E-state index in [4.69, 9.17) is 11.6 Å². The normalized spacial score (nSPS) is 13.9. The van der Waals surface area contributed by atoms with E-state index < -0.39 is 0 Å². The van der Waals surface area contributed by atoms with Gasteiger partial charge in [-0.3, -0.25) is 9.59 Å². The fourth-order valence-electron chi connectivity index (χ4n) is 3.50. The van der Waals surface area contributed by atoms with Crippen LogP contribution in [0.3, 0.4) is 0 Å². The van der Waals surface area contributed by atoms with Crippen molar-refractivity contribution in [3.05, 3.63) is 100 Å². The Morgan fingerprint density at radius 3 is 2.23 bits per heavy atom. The maximum atomic E-state index is 13.4. The van der Waals surface area contributed by atoms with E-state index in [9.17, 15) is 9.59 Å². The topological polar surface area (TPSA) is 49.4 Å². The first kappa shape index (κ1) is 19.9. The van der Waals surface area contributed by atoms with Crippen LogP contribution >= 0.6 is 11.6 Å². The van der Waals surface area contributed by atoms with Crippen molar-refractivity contribution in [2.45, 2.75) is 20.3 Å². The van der Waals surface area contributed by atoms with Crippen LogP contribution in [-0.2, 0) is 16.0 Å². The van der Waals surface area contributed by atoms with E-state index in [2.05, 4.69) is 12.2 Å². The largest absolute Gasteiger partial charge is 0.350 e. The summed E-state index contributed by atoms with van der Waals surface area (Å²) in [5.74, 6) is -0.740. The molecule has 0 saturated carbocycles. The van der Waals surface area contributed by atoms with Crippen molar-refractivity contribution >= 4 is 40.4 Å². The van der Waals surface area contributed by atoms with Gasteiger partial charge in [-0.1, -0.05) is 54.9 Å². The predicted molar refractivity (Wildman–Crippen MR) is 121 cm³/mol. The monoisotopic (exact) mass is 416 g/mol. The average molecular weight is 417 g/mol. The average Bonchev–Trinajstić information content (AvgIpc) is 2.99. The Hall–Kier alpha value is -3.37. The fraction of sp³-hybridized carbons (Fsp3) is 0.120. The van der Waals surface area contributed by atoms with Gasteiger partial charge in [-0.25, -0.2) is 4.90 Å². The van der Waals surface area contributed by atoms with Gasteiger partial charge in [0.05, 0.1) is 11.3 Å². The van der Waals surface area contributed by atoms with Gasteiger partial charge in [0, 0.05) is 10.7 Å². The second kappa shape index (κ2) is 8.17. The summed E-state index contributed by atoms with van der Waals surface area (Å²) in [4.78, 5) is 28.0. The van der Waals surface area contributed by atoms with Gasteiger partial charge in [-0.2, -0.15) is 0 Å². The molecule has 0 bridgehead atoms. The van der Waals surface area contributed by atoms with Crippen LogP contribution in [-0.4, -0.2) is 11.8 Å². The minimum atomic E-state index is -0.380. The van der Waals surface area contributed by atoms with E-state index in [1.165, 1.54) is 10.5 Å². The van der Waals surface area contributed by atoms with Crippen LogP contribution in [0.2, 0.25) is 5.02 Å². The highest BCUT2D eigenvalue weighted by molar-refractivity contribution is 6.46. The van der Waals surface area contributed by atoms with Crippen molar-refractivity contribution in [3.8, 4) is 0 Å². The summed E-state index contributed by atoms with van der Waals surface area (Å²) in [6.45, 7) is 4.01. The first-order chi connectivity index (χ1) is 14.5. The molecule has 1 aliphatic rings. The van der Waals surface area contributed by atoms with Gasteiger partial charge in [0.25, 0.3) is 11.8 Å². The maximum Gasteiger partial charge on any atom is 0.282 e. The first-order valence-corrected chi connectivity index (χ1v) is 10.2. The zero-order valence-corrected chi connectivity index (χ0v) is 17.5. The SMILES string of the molecule is CCc1ccc(NC2=C(c3ccc(Cl)cc3)C(=O)N(c3cccc(C)c3)C2=O)cc1. The molecular formula is C25H21ClN2O2. The number of nitrogens with one attached hydrogen (secondary N) is 1. The summed E-state index contributed by atoms with van der Waals surface area (Å²) < 4.78 is 0. The third-order valence-electron chi connectivity index (χ3n) is 5.11. The smallest absolute Gasteiger partial charge is 0.282 e. The van der Waals surface area contributed by atoms with Gasteiger partial charge >= 0.3 is 0 Å². The Balaban J connectivity index is 1.80. The molecule has 3 aromatic rings. The Labute approximate surface area is 180 Å². The second-order valence-electron chi connectivity index (χ2n) is 7.22. The van der Waals surface area contributed by atoms with Gasteiger partial charge in [0.2, 0.25) is 0 Å². The molecule has 4 rings (SSSR count). The highest BCUT2D eigenvalue weighted by Gasteiger charge is 2.40. The lowest BCUT2D eigenvalue weighted by atomic mass is 10.0. The molecule has 5 heteroatoms. The highest BCUT2D eigenvalue weighted by atomic mass is 35.5. The van der Waals surface area contributed by atoms with Crippen LogP contribution in [0, 0.1) is 6.92 Å². The molecule has 1 heterocycles. The Bertz CT molecular complexity index is 1150. The van der Waals surface area contributed by atoms with Gasteiger partial charge in [-0.05, 0) is 66.4 Å². The standard InChI is InChI=1S/C25H21ClN2O2/c1-3-17-7-13-20(14-8-17)27-23-22(18-9-11-19(26)12-10-18)24(29)28(25(23)30)21-6-4-5-16(2)15-21/h4-15,27H,3H2,1-2H3. The zero-order chi connectivity index (χ0) is 21.3. The molecule has 30 heavy (non-hydrogen) atoms. The zero-order valence-electron chi connectivity index (χ0n) is 16.8. The van der Waals surface area contributed by atoms with Crippen molar-refractivity contribution in [1.29, 1.82) is 0 Å². The maximum absolute atomic E-state index is 13.4. The second-order valence-corrected chi connectivity index (χ2v) is 7.65. The van der Waals surface area contributed by atoms with Crippen molar-refractivity contribution in [1.82, 2.24) is 0 Å². The summed E-state index contributed by atoms with van der Waals surface area (Å²) >= 11 is 6.03. The summed E-state index contributed by atoms with van der Waals surface area (Å²) in [5, 5.41) is 3.75. The number of hydrogen-bond acceptors (Lipinski definition) is 3. The van der Waals surface area contributed by atoms with Crippen LogP contribution in [0.5, 0.6) is 0 Å². The molecule has 3 aromatic carbocycles. The Morgan fingerprint density at radius 2 is 1.60 bits per heavy atom. The van der Waals surface area contributed by atoms with Crippen molar-refractivity contribution < 1.29 is 9.59 Å². The number of halogens is 1. The molecule has 2 amide bonds. The fourth-order valence-corrected chi connectivity index (χ4v) is 3.63. The molecule has 0 fully saturated rings. The number of rotatable bonds is 5. The third-order valence-corrected chi connectivity index (χ3v) is 5.36. The number of aryl methyl sites for hydroxylation is 2. The summed E-state index contributed by atoms with van der Waals surface area (Å²) in [7, 11) is 0.